The molecule has 0 radical (unpaired) electrons. The second-order valence-corrected chi connectivity index (χ2v) is 9.44. The van der Waals surface area contributed by atoms with Crippen LogP contribution in [0.5, 0.6) is 0 Å². The van der Waals surface area contributed by atoms with E-state index in [9.17, 15) is 9.59 Å². The molecule has 1 atom stereocenters. The van der Waals surface area contributed by atoms with Gasteiger partial charge in [-0.15, -0.1) is 0 Å². The number of amides is 2. The van der Waals surface area contributed by atoms with Crippen molar-refractivity contribution in [1.82, 2.24) is 20.0 Å². The van der Waals surface area contributed by atoms with Crippen molar-refractivity contribution in [3.05, 3.63) is 35.4 Å². The van der Waals surface area contributed by atoms with Crippen molar-refractivity contribution in [3.63, 3.8) is 0 Å². The van der Waals surface area contributed by atoms with Crippen molar-refractivity contribution >= 4 is 11.8 Å². The maximum atomic E-state index is 12.6. The van der Waals surface area contributed by atoms with Crippen LogP contribution >= 0.6 is 0 Å². The SMILES string of the molecule is CN(C)C(=O)CNC(=O)C1CCCN(C2CCN(C3Cc4ccccc4C3)CC2)C1. The van der Waals surface area contributed by atoms with Gasteiger partial charge >= 0.3 is 0 Å². The van der Waals surface area contributed by atoms with E-state index in [1.54, 1.807) is 14.1 Å². The summed E-state index contributed by atoms with van der Waals surface area (Å²) in [4.78, 5) is 31.1. The molecule has 2 heterocycles. The maximum Gasteiger partial charge on any atom is 0.241 e. The average molecular weight is 413 g/mol. The van der Waals surface area contributed by atoms with Gasteiger partial charge in [-0.1, -0.05) is 24.3 Å². The number of likely N-dealkylation sites (tertiary alicyclic amines) is 2. The van der Waals surface area contributed by atoms with Crippen LogP contribution in [0.2, 0.25) is 0 Å². The molecule has 2 fully saturated rings. The zero-order valence-corrected chi connectivity index (χ0v) is 18.5. The number of carbonyl (C=O) groups is 2. The van der Waals surface area contributed by atoms with Gasteiger partial charge in [0.25, 0.3) is 0 Å². The molecule has 1 unspecified atom stereocenters. The van der Waals surface area contributed by atoms with Crippen molar-refractivity contribution in [3.8, 4) is 0 Å². The van der Waals surface area contributed by atoms with Crippen LogP contribution in [0.3, 0.4) is 0 Å². The molecule has 2 saturated heterocycles. The van der Waals surface area contributed by atoms with Crippen LogP contribution in [0.15, 0.2) is 24.3 Å². The lowest BCUT2D eigenvalue weighted by Crippen LogP contribution is -2.52. The predicted octanol–water partition coefficient (Wildman–Crippen LogP) is 1.53. The second-order valence-electron chi connectivity index (χ2n) is 9.44. The maximum absolute atomic E-state index is 12.6. The van der Waals surface area contributed by atoms with Crippen molar-refractivity contribution in [2.75, 3.05) is 46.8 Å². The number of likely N-dealkylation sites (N-methyl/N-ethyl adjacent to an activating group) is 1. The summed E-state index contributed by atoms with van der Waals surface area (Å²) in [6, 6.07) is 10.1. The van der Waals surface area contributed by atoms with Crippen molar-refractivity contribution in [2.24, 2.45) is 5.92 Å². The predicted molar refractivity (Wildman–Crippen MR) is 118 cm³/mol. The molecule has 30 heavy (non-hydrogen) atoms. The molecule has 2 amide bonds. The van der Waals surface area contributed by atoms with E-state index in [1.165, 1.54) is 41.7 Å². The molecule has 1 N–H and O–H groups in total. The van der Waals surface area contributed by atoms with Crippen LogP contribution in [0.1, 0.15) is 36.8 Å². The highest BCUT2D eigenvalue weighted by atomic mass is 16.2. The summed E-state index contributed by atoms with van der Waals surface area (Å²) in [7, 11) is 3.43. The first-order valence-corrected chi connectivity index (χ1v) is 11.5. The van der Waals surface area contributed by atoms with E-state index in [-0.39, 0.29) is 24.3 Å². The number of carbonyl (C=O) groups excluding carboxylic acids is 2. The molecule has 0 spiro atoms. The molecule has 0 aromatic heterocycles. The molecule has 1 aromatic rings. The zero-order chi connectivity index (χ0) is 21.1. The molecule has 1 aromatic carbocycles. The summed E-state index contributed by atoms with van der Waals surface area (Å²) in [5.74, 6) is -0.00965. The van der Waals surface area contributed by atoms with E-state index in [4.69, 9.17) is 0 Å². The lowest BCUT2D eigenvalue weighted by Gasteiger charge is -2.43. The molecule has 2 aliphatic heterocycles. The summed E-state index contributed by atoms with van der Waals surface area (Å²) in [5.41, 5.74) is 3.06. The van der Waals surface area contributed by atoms with E-state index in [0.29, 0.717) is 12.1 Å². The molecular weight excluding hydrogens is 376 g/mol. The normalized spacial score (nSPS) is 23.9. The number of rotatable bonds is 5. The van der Waals surface area contributed by atoms with Crippen LogP contribution in [0, 0.1) is 5.92 Å². The molecule has 6 heteroatoms. The van der Waals surface area contributed by atoms with E-state index >= 15 is 0 Å². The second kappa shape index (κ2) is 9.48. The number of nitrogens with one attached hydrogen (secondary N) is 1. The molecule has 3 aliphatic rings. The minimum absolute atomic E-state index is 0.0103. The third kappa shape index (κ3) is 4.86. The Labute approximate surface area is 180 Å². The molecule has 4 rings (SSSR count). The van der Waals surface area contributed by atoms with Gasteiger partial charge in [-0.2, -0.15) is 0 Å². The van der Waals surface area contributed by atoms with Gasteiger partial charge in [0.15, 0.2) is 0 Å². The van der Waals surface area contributed by atoms with E-state index in [2.05, 4.69) is 39.4 Å². The minimum Gasteiger partial charge on any atom is -0.347 e. The van der Waals surface area contributed by atoms with Crippen molar-refractivity contribution in [2.45, 2.75) is 50.6 Å². The van der Waals surface area contributed by atoms with E-state index < -0.39 is 0 Å². The summed E-state index contributed by atoms with van der Waals surface area (Å²) in [5, 5.41) is 2.84. The number of nitrogens with zero attached hydrogens (tertiary/aromatic N) is 3. The van der Waals surface area contributed by atoms with Gasteiger partial charge in [-0.25, -0.2) is 0 Å². The summed E-state index contributed by atoms with van der Waals surface area (Å²) in [6.07, 6.45) is 6.77. The van der Waals surface area contributed by atoms with E-state index in [0.717, 1.165) is 39.0 Å². The topological polar surface area (TPSA) is 55.9 Å². The Morgan fingerprint density at radius 1 is 0.967 bits per heavy atom. The molecular formula is C24H36N4O2. The summed E-state index contributed by atoms with van der Waals surface area (Å²) < 4.78 is 0. The highest BCUT2D eigenvalue weighted by molar-refractivity contribution is 5.85. The quantitative estimate of drug-likeness (QED) is 0.797. The highest BCUT2D eigenvalue weighted by Crippen LogP contribution is 2.29. The Bertz CT molecular complexity index is 732. The van der Waals surface area contributed by atoms with Crippen LogP contribution in [0.4, 0.5) is 0 Å². The van der Waals surface area contributed by atoms with Crippen LogP contribution in [-0.4, -0.2) is 85.4 Å². The van der Waals surface area contributed by atoms with Gasteiger partial charge in [0.05, 0.1) is 12.5 Å². The summed E-state index contributed by atoms with van der Waals surface area (Å²) in [6.45, 7) is 4.36. The van der Waals surface area contributed by atoms with Crippen molar-refractivity contribution < 1.29 is 9.59 Å². The number of piperidine rings is 2. The average Bonchev–Trinajstić information content (AvgIpc) is 3.21. The number of fused-ring (bicyclic) bond motifs is 1. The number of hydrogen-bond acceptors (Lipinski definition) is 4. The first-order valence-electron chi connectivity index (χ1n) is 11.5. The number of benzene rings is 1. The third-order valence-corrected chi connectivity index (χ3v) is 7.30. The fourth-order valence-corrected chi connectivity index (χ4v) is 5.43. The fraction of sp³-hybridized carbons (Fsp3) is 0.667. The Hall–Kier alpha value is -1.92. The van der Waals surface area contributed by atoms with Crippen LogP contribution < -0.4 is 5.32 Å². The van der Waals surface area contributed by atoms with Crippen LogP contribution in [0.25, 0.3) is 0 Å². The molecule has 0 bridgehead atoms. The van der Waals surface area contributed by atoms with Gasteiger partial charge in [0.1, 0.15) is 0 Å². The monoisotopic (exact) mass is 412 g/mol. The Kier molecular flexibility index (Phi) is 6.74. The Morgan fingerprint density at radius 3 is 2.27 bits per heavy atom. The van der Waals surface area contributed by atoms with Gasteiger partial charge in [-0.05, 0) is 69.3 Å². The lowest BCUT2D eigenvalue weighted by atomic mass is 9.92. The van der Waals surface area contributed by atoms with Gasteiger partial charge in [-0.3, -0.25) is 19.4 Å². The minimum atomic E-state index is -0.0579. The Morgan fingerprint density at radius 2 is 1.63 bits per heavy atom. The molecule has 6 nitrogen and oxygen atoms in total. The standard InChI is InChI=1S/C24H36N4O2/c1-26(2)23(29)16-25-24(30)20-8-5-11-28(17-20)21-9-12-27(13-10-21)22-14-18-6-3-4-7-19(18)15-22/h3-4,6-7,20-22H,5,8-17H2,1-2H3,(H,25,30). The van der Waals surface area contributed by atoms with Gasteiger partial charge in [0, 0.05) is 32.7 Å². The highest BCUT2D eigenvalue weighted by Gasteiger charge is 2.34. The first-order chi connectivity index (χ1) is 14.5. The summed E-state index contributed by atoms with van der Waals surface area (Å²) >= 11 is 0. The third-order valence-electron chi connectivity index (χ3n) is 7.30. The molecule has 0 saturated carbocycles. The van der Waals surface area contributed by atoms with Crippen molar-refractivity contribution in [1.29, 1.82) is 0 Å². The van der Waals surface area contributed by atoms with Gasteiger partial charge in [0.2, 0.25) is 11.8 Å². The van der Waals surface area contributed by atoms with Gasteiger partial charge < -0.3 is 10.2 Å². The number of hydrogen-bond donors (Lipinski definition) is 1. The fourth-order valence-electron chi connectivity index (χ4n) is 5.43. The molecule has 164 valence electrons. The smallest absolute Gasteiger partial charge is 0.241 e. The Balaban J connectivity index is 1.24. The lowest BCUT2D eigenvalue weighted by molar-refractivity contribution is -0.133. The molecule has 1 aliphatic carbocycles. The zero-order valence-electron chi connectivity index (χ0n) is 18.5. The largest absolute Gasteiger partial charge is 0.347 e. The van der Waals surface area contributed by atoms with Crippen LogP contribution in [-0.2, 0) is 22.4 Å². The van der Waals surface area contributed by atoms with E-state index in [1.807, 2.05) is 0 Å². The first kappa shape index (κ1) is 21.3.